The lowest BCUT2D eigenvalue weighted by atomic mass is 9.59. The molecule has 10 rings (SSSR count). The third kappa shape index (κ3) is 9.34. The Morgan fingerprint density at radius 3 is 2.60 bits per heavy atom. The van der Waals surface area contributed by atoms with E-state index in [0.29, 0.717) is 49.2 Å². The first-order valence-corrected chi connectivity index (χ1v) is 25.4. The zero-order valence-corrected chi connectivity index (χ0v) is 39.6. The van der Waals surface area contributed by atoms with Crippen molar-refractivity contribution >= 4 is 44.2 Å². The van der Waals surface area contributed by atoms with Crippen LogP contribution in [0, 0.1) is 21.4 Å². The van der Waals surface area contributed by atoms with Gasteiger partial charge in [0, 0.05) is 49.0 Å². The average Bonchev–Trinajstić information content (AvgIpc) is 3.79. The molecule has 17 nitrogen and oxygen atoms in total. The van der Waals surface area contributed by atoms with Crippen molar-refractivity contribution in [3.63, 3.8) is 0 Å². The van der Waals surface area contributed by atoms with Gasteiger partial charge in [-0.05, 0) is 117 Å². The Kier molecular flexibility index (Phi) is 12.3. The van der Waals surface area contributed by atoms with Crippen LogP contribution in [0.5, 0.6) is 17.2 Å². The number of aromatic amines is 1. The van der Waals surface area contributed by atoms with Crippen molar-refractivity contribution in [3.05, 3.63) is 99.9 Å². The van der Waals surface area contributed by atoms with E-state index in [9.17, 15) is 28.4 Å². The van der Waals surface area contributed by atoms with E-state index >= 15 is 0 Å². The number of nitro groups is 1. The second-order valence-corrected chi connectivity index (χ2v) is 21.8. The molecule has 360 valence electrons. The lowest BCUT2D eigenvalue weighted by Gasteiger charge is -2.57. The van der Waals surface area contributed by atoms with E-state index in [1.165, 1.54) is 17.3 Å². The number of amides is 1. The van der Waals surface area contributed by atoms with Gasteiger partial charge in [-0.2, -0.15) is 8.42 Å². The molecule has 18 heteroatoms. The van der Waals surface area contributed by atoms with Crippen LogP contribution in [0.4, 0.5) is 17.2 Å². The largest absolute Gasteiger partial charge is 0.479 e. The predicted octanol–water partition coefficient (Wildman–Crippen LogP) is 8.23. The lowest BCUT2D eigenvalue weighted by Crippen LogP contribution is -2.58. The zero-order valence-electron chi connectivity index (χ0n) is 38.8. The number of anilines is 2. The number of carbonyl (C=O) groups is 1. The molecule has 4 fully saturated rings. The fraction of sp³-hybridized carbons (Fsp3) is 0.500. The maximum Gasteiger partial charge on any atom is 0.317 e. The number of rotatable bonds is 12. The van der Waals surface area contributed by atoms with Gasteiger partial charge in [0.2, 0.25) is 5.75 Å². The summed E-state index contributed by atoms with van der Waals surface area (Å²) in [7, 11) is -4.76. The number of hydrogen-bond acceptors (Lipinski definition) is 14. The summed E-state index contributed by atoms with van der Waals surface area (Å²) in [5.74, 6) is -0.115. The summed E-state index contributed by atoms with van der Waals surface area (Å²) < 4.78 is 48.5. The number of nitrogens with one attached hydrogen (secondary N) is 3. The van der Waals surface area contributed by atoms with Gasteiger partial charge in [0.15, 0.2) is 10.8 Å². The number of ether oxygens (including phenoxy) is 3. The van der Waals surface area contributed by atoms with Crippen LogP contribution >= 0.6 is 0 Å². The Morgan fingerprint density at radius 1 is 1.06 bits per heavy atom. The topological polar surface area (TPSA) is 214 Å². The van der Waals surface area contributed by atoms with Crippen molar-refractivity contribution in [1.29, 1.82) is 0 Å². The van der Waals surface area contributed by atoms with Crippen molar-refractivity contribution in [2.45, 2.75) is 113 Å². The van der Waals surface area contributed by atoms with Gasteiger partial charge in [0.05, 0.1) is 54.2 Å². The van der Waals surface area contributed by atoms with Crippen LogP contribution in [0.25, 0.3) is 11.0 Å². The summed E-state index contributed by atoms with van der Waals surface area (Å²) in [6.07, 6.45) is 10.7. The van der Waals surface area contributed by atoms with E-state index in [2.05, 4.69) is 72.9 Å². The molecule has 5 aromatic rings. The van der Waals surface area contributed by atoms with Crippen LogP contribution in [0.15, 0.2) is 78.1 Å². The maximum atomic E-state index is 14.1. The van der Waals surface area contributed by atoms with E-state index in [4.69, 9.17) is 14.2 Å². The summed E-state index contributed by atoms with van der Waals surface area (Å²) >= 11 is 0. The number of sulfonamides is 1. The highest BCUT2D eigenvalue weighted by Crippen LogP contribution is 2.53. The minimum atomic E-state index is -4.76. The first-order valence-electron chi connectivity index (χ1n) is 23.9. The van der Waals surface area contributed by atoms with Gasteiger partial charge in [0.1, 0.15) is 23.3 Å². The molecular weight excluding hydrogens is 889 g/mol. The summed E-state index contributed by atoms with van der Waals surface area (Å²) in [6.45, 7) is 10.6. The summed E-state index contributed by atoms with van der Waals surface area (Å²) in [6, 6.07) is 19.0. The van der Waals surface area contributed by atoms with Crippen molar-refractivity contribution in [2.24, 2.45) is 11.3 Å². The first-order chi connectivity index (χ1) is 32.6. The zero-order chi connectivity index (χ0) is 47.4. The van der Waals surface area contributed by atoms with E-state index in [1.54, 1.807) is 30.5 Å². The fourth-order valence-electron chi connectivity index (χ4n) is 11.3. The number of piperidine rings is 1. The number of pyridine rings is 2. The molecule has 6 heterocycles. The Morgan fingerprint density at radius 2 is 1.84 bits per heavy atom. The van der Waals surface area contributed by atoms with E-state index in [1.807, 2.05) is 13.0 Å². The number of hydrogen-bond donors (Lipinski definition) is 4. The molecule has 68 heavy (non-hydrogen) atoms. The molecule has 4 N–H and O–H groups in total. The molecular formula is C50H60N8O9S. The molecule has 3 aliphatic heterocycles. The Labute approximate surface area is 396 Å². The second kappa shape index (κ2) is 18.3. The lowest BCUT2D eigenvalue weighted by molar-refractivity contribution is -0.386. The molecule has 2 saturated heterocycles. The molecule has 1 spiro atoms. The highest BCUT2D eigenvalue weighted by Gasteiger charge is 2.50. The summed E-state index contributed by atoms with van der Waals surface area (Å²) in [4.78, 5) is 42.4. The van der Waals surface area contributed by atoms with E-state index in [-0.39, 0.29) is 46.8 Å². The van der Waals surface area contributed by atoms with Gasteiger partial charge in [-0.1, -0.05) is 38.1 Å². The number of aromatic nitrogens is 3. The summed E-state index contributed by atoms with van der Waals surface area (Å²) in [5, 5.41) is 25.8. The van der Waals surface area contributed by atoms with Crippen molar-refractivity contribution in [3.8, 4) is 17.2 Å². The SMILES string of the molecule is CC(C)c1ccccc1C1COCCN1C1CC2(CCN(c3ccc(C(=O)NS(=O)(=O)c4cc([N+](=O)[O-])c5c(n4)NCC(CC4CCC(C)(O)CC4)O5)c(Oc4cnc5[nH]ccc5c4)c3)CC2)C1. The van der Waals surface area contributed by atoms with E-state index in [0.717, 1.165) is 81.9 Å². The Balaban J connectivity index is 0.847. The molecule has 1 amide bonds. The summed E-state index contributed by atoms with van der Waals surface area (Å²) in [5.41, 5.74) is 3.12. The normalized spacial score (nSPS) is 24.2. The van der Waals surface area contributed by atoms with Gasteiger partial charge in [-0.25, -0.2) is 14.7 Å². The second-order valence-electron chi connectivity index (χ2n) is 20.2. The van der Waals surface area contributed by atoms with Crippen molar-refractivity contribution in [2.75, 3.05) is 49.6 Å². The van der Waals surface area contributed by atoms with Crippen LogP contribution in [-0.4, -0.2) is 101 Å². The monoisotopic (exact) mass is 948 g/mol. The van der Waals surface area contributed by atoms with Gasteiger partial charge in [0.25, 0.3) is 15.9 Å². The molecule has 2 aliphatic carbocycles. The molecule has 0 radical (unpaired) electrons. The van der Waals surface area contributed by atoms with Gasteiger partial charge in [-0.15, -0.1) is 0 Å². The van der Waals surface area contributed by atoms with Crippen LogP contribution in [0.3, 0.4) is 0 Å². The molecule has 2 aromatic carbocycles. The number of H-pyrrole nitrogens is 1. The third-order valence-corrected chi connectivity index (χ3v) is 16.4. The van der Waals surface area contributed by atoms with Crippen LogP contribution in [-0.2, 0) is 14.8 Å². The quantitative estimate of drug-likeness (QED) is 0.0685. The van der Waals surface area contributed by atoms with E-state index < -0.39 is 43.3 Å². The standard InChI is InChI=1S/C50H60N8O9S/c1-31(2)38-6-4-5-7-39(38)42-30-65-21-20-57(42)35-26-50(27-35)15-18-56(19-16-50)34-8-9-40(43(24-34)66-37-23-33-12-17-51-46(33)52-29-37)48(59)55-68(63,64)44-25-41(58(61)62)45-47(54-44)53-28-36(67-45)22-32-10-13-49(3,60)14-11-32/h4-9,12,17,23-25,29,31-32,35-36,42,60H,10-11,13-16,18-22,26-28,30H2,1-3H3,(H,51,52)(H,53,54)(H,55,59). The smallest absolute Gasteiger partial charge is 0.317 e. The number of morpholine rings is 1. The molecule has 2 saturated carbocycles. The van der Waals surface area contributed by atoms with Gasteiger partial charge in [-0.3, -0.25) is 19.8 Å². The van der Waals surface area contributed by atoms with Crippen LogP contribution in [0.2, 0.25) is 0 Å². The Hall–Kier alpha value is -5.82. The van der Waals surface area contributed by atoms with Crippen LogP contribution < -0.4 is 24.4 Å². The van der Waals surface area contributed by atoms with Gasteiger partial charge < -0.3 is 34.5 Å². The molecule has 2 unspecified atom stereocenters. The molecule has 5 aliphatic rings. The van der Waals surface area contributed by atoms with Crippen molar-refractivity contribution < 1.29 is 37.5 Å². The molecule has 2 atom stereocenters. The average molecular weight is 949 g/mol. The third-order valence-electron chi connectivity index (χ3n) is 15.1. The number of benzene rings is 2. The highest BCUT2D eigenvalue weighted by molar-refractivity contribution is 7.90. The van der Waals surface area contributed by atoms with Crippen molar-refractivity contribution in [1.82, 2.24) is 24.6 Å². The minimum absolute atomic E-state index is 0.0677. The highest BCUT2D eigenvalue weighted by atomic mass is 32.2. The first kappa shape index (κ1) is 45.9. The number of nitrogens with zero attached hydrogens (tertiary/aromatic N) is 5. The van der Waals surface area contributed by atoms with Crippen LogP contribution in [0.1, 0.15) is 112 Å². The number of fused-ring (bicyclic) bond motifs is 2. The van der Waals surface area contributed by atoms with Gasteiger partial charge >= 0.3 is 5.69 Å². The number of carbonyl (C=O) groups excluding carboxylic acids is 1. The predicted molar refractivity (Wildman–Crippen MR) is 256 cm³/mol. The minimum Gasteiger partial charge on any atom is -0.479 e. The maximum absolute atomic E-state index is 14.1. The molecule has 0 bridgehead atoms. The molecule has 3 aromatic heterocycles. The Bertz CT molecular complexity index is 2810. The fourth-order valence-corrected chi connectivity index (χ4v) is 12.2. The number of aliphatic hydroxyl groups is 1.